The minimum atomic E-state index is 0.484. The van der Waals surface area contributed by atoms with Gasteiger partial charge in [0, 0.05) is 11.1 Å². The molecule has 0 aliphatic carbocycles. The summed E-state index contributed by atoms with van der Waals surface area (Å²) in [5.41, 5.74) is 1.36. The first-order valence-electron chi connectivity index (χ1n) is 5.81. The van der Waals surface area contributed by atoms with Crippen LogP contribution in [0, 0.1) is 5.92 Å². The second-order valence-electron chi connectivity index (χ2n) is 4.27. The van der Waals surface area contributed by atoms with Crippen LogP contribution in [-0.2, 0) is 0 Å². The second-order valence-corrected chi connectivity index (χ2v) is 5.93. The van der Waals surface area contributed by atoms with Gasteiger partial charge in [-0.15, -0.1) is 0 Å². The Morgan fingerprint density at radius 3 is 2.44 bits per heavy atom. The maximum absolute atomic E-state index is 5.92. The normalized spacial score (nSPS) is 19.6. The number of rotatable bonds is 3. The number of thioether (sulfide) groups is 1. The molecule has 0 aromatic heterocycles. The highest BCUT2D eigenvalue weighted by atomic mass is 35.5. The van der Waals surface area contributed by atoms with Gasteiger partial charge < -0.3 is 5.32 Å². The minimum absolute atomic E-state index is 0.484. The van der Waals surface area contributed by atoms with Crippen LogP contribution in [0.15, 0.2) is 24.3 Å². The second kappa shape index (κ2) is 5.95. The summed E-state index contributed by atoms with van der Waals surface area (Å²) >= 11 is 8.00. The monoisotopic (exact) mass is 255 g/mol. The zero-order chi connectivity index (χ0) is 11.4. The van der Waals surface area contributed by atoms with Crippen molar-refractivity contribution in [1.82, 2.24) is 5.32 Å². The van der Waals surface area contributed by atoms with Crippen molar-refractivity contribution >= 4 is 23.4 Å². The van der Waals surface area contributed by atoms with Crippen molar-refractivity contribution < 1.29 is 0 Å². The van der Waals surface area contributed by atoms with E-state index < -0.39 is 0 Å². The predicted octanol–water partition coefficient (Wildman–Crippen LogP) is 3.74. The van der Waals surface area contributed by atoms with E-state index in [0.717, 1.165) is 10.9 Å². The molecule has 1 aliphatic heterocycles. The third kappa shape index (κ3) is 2.93. The molecule has 0 spiro atoms. The molecule has 2 rings (SSSR count). The smallest absolute Gasteiger partial charge is 0.0406 e. The summed E-state index contributed by atoms with van der Waals surface area (Å²) in [7, 11) is 2.06. The van der Waals surface area contributed by atoms with E-state index in [0.29, 0.717) is 6.04 Å². The maximum Gasteiger partial charge on any atom is 0.0406 e. The molecule has 3 heteroatoms. The van der Waals surface area contributed by atoms with Crippen molar-refractivity contribution in [2.45, 2.75) is 18.9 Å². The van der Waals surface area contributed by atoms with Crippen LogP contribution in [-0.4, -0.2) is 18.6 Å². The van der Waals surface area contributed by atoms with E-state index in [9.17, 15) is 0 Å². The summed E-state index contributed by atoms with van der Waals surface area (Å²) in [5.74, 6) is 3.37. The highest BCUT2D eigenvalue weighted by molar-refractivity contribution is 7.99. The lowest BCUT2D eigenvalue weighted by Crippen LogP contribution is -2.28. The Morgan fingerprint density at radius 1 is 1.25 bits per heavy atom. The standard InChI is InChI=1S/C13H18ClNS/c1-15-13(11-6-8-16-9-7-11)10-2-4-12(14)5-3-10/h2-5,11,13,15H,6-9H2,1H3. The highest BCUT2D eigenvalue weighted by Gasteiger charge is 2.23. The van der Waals surface area contributed by atoms with Crippen LogP contribution in [0.2, 0.25) is 5.02 Å². The molecule has 1 heterocycles. The van der Waals surface area contributed by atoms with Gasteiger partial charge in [-0.1, -0.05) is 23.7 Å². The zero-order valence-corrected chi connectivity index (χ0v) is 11.2. The topological polar surface area (TPSA) is 12.0 Å². The van der Waals surface area contributed by atoms with E-state index in [4.69, 9.17) is 11.6 Å². The Bertz CT molecular complexity index is 319. The number of hydrogen-bond acceptors (Lipinski definition) is 2. The summed E-state index contributed by atoms with van der Waals surface area (Å²) < 4.78 is 0. The molecule has 0 saturated carbocycles. The molecule has 1 unspecified atom stereocenters. The fourth-order valence-electron chi connectivity index (χ4n) is 2.39. The molecule has 1 N–H and O–H groups in total. The minimum Gasteiger partial charge on any atom is -0.313 e. The lowest BCUT2D eigenvalue weighted by Gasteiger charge is -2.30. The Morgan fingerprint density at radius 2 is 1.88 bits per heavy atom. The van der Waals surface area contributed by atoms with Gasteiger partial charge in [0.15, 0.2) is 0 Å². The number of nitrogens with one attached hydrogen (secondary N) is 1. The summed E-state index contributed by atoms with van der Waals surface area (Å²) in [6.07, 6.45) is 2.64. The van der Waals surface area contributed by atoms with E-state index in [1.54, 1.807) is 0 Å². The average molecular weight is 256 g/mol. The molecule has 0 radical (unpaired) electrons. The van der Waals surface area contributed by atoms with Crippen molar-refractivity contribution in [1.29, 1.82) is 0 Å². The Labute approximate surface area is 107 Å². The van der Waals surface area contributed by atoms with Crippen LogP contribution < -0.4 is 5.32 Å². The molecule has 88 valence electrons. The van der Waals surface area contributed by atoms with Crippen LogP contribution in [0.4, 0.5) is 0 Å². The summed E-state index contributed by atoms with van der Waals surface area (Å²) in [5, 5.41) is 4.27. The van der Waals surface area contributed by atoms with Crippen molar-refractivity contribution in [2.24, 2.45) is 5.92 Å². The van der Waals surface area contributed by atoms with Gasteiger partial charge in [-0.2, -0.15) is 11.8 Å². The number of benzene rings is 1. The van der Waals surface area contributed by atoms with Crippen molar-refractivity contribution in [3.8, 4) is 0 Å². The van der Waals surface area contributed by atoms with Crippen LogP contribution in [0.3, 0.4) is 0 Å². The van der Waals surface area contributed by atoms with Crippen molar-refractivity contribution in [2.75, 3.05) is 18.6 Å². The van der Waals surface area contributed by atoms with Crippen molar-refractivity contribution in [3.05, 3.63) is 34.9 Å². The highest BCUT2D eigenvalue weighted by Crippen LogP contribution is 2.33. The van der Waals surface area contributed by atoms with Gasteiger partial charge in [-0.05, 0) is 55.0 Å². The molecule has 1 nitrogen and oxygen atoms in total. The van der Waals surface area contributed by atoms with Crippen molar-refractivity contribution in [3.63, 3.8) is 0 Å². The van der Waals surface area contributed by atoms with E-state index in [1.807, 2.05) is 12.1 Å². The van der Waals surface area contributed by atoms with Gasteiger partial charge in [0.1, 0.15) is 0 Å². The zero-order valence-electron chi connectivity index (χ0n) is 9.58. The predicted molar refractivity (Wildman–Crippen MR) is 73.3 cm³/mol. The van der Waals surface area contributed by atoms with E-state index in [1.165, 1.54) is 29.9 Å². The first-order chi connectivity index (χ1) is 7.81. The Hall–Kier alpha value is -0.180. The molecular weight excluding hydrogens is 238 g/mol. The molecular formula is C13H18ClNS. The van der Waals surface area contributed by atoms with Gasteiger partial charge >= 0.3 is 0 Å². The van der Waals surface area contributed by atoms with Gasteiger partial charge in [0.05, 0.1) is 0 Å². The van der Waals surface area contributed by atoms with Gasteiger partial charge in [-0.3, -0.25) is 0 Å². The SMILES string of the molecule is CNC(c1ccc(Cl)cc1)C1CCSCC1. The first-order valence-corrected chi connectivity index (χ1v) is 7.35. The molecule has 1 aromatic rings. The summed E-state index contributed by atoms with van der Waals surface area (Å²) in [4.78, 5) is 0. The fourth-order valence-corrected chi connectivity index (χ4v) is 3.66. The summed E-state index contributed by atoms with van der Waals surface area (Å²) in [6.45, 7) is 0. The van der Waals surface area contributed by atoms with E-state index in [2.05, 4.69) is 36.3 Å². The molecule has 1 aromatic carbocycles. The van der Waals surface area contributed by atoms with Gasteiger partial charge in [0.25, 0.3) is 0 Å². The third-order valence-electron chi connectivity index (χ3n) is 3.28. The Kier molecular flexibility index (Phi) is 4.56. The van der Waals surface area contributed by atoms with E-state index in [-0.39, 0.29) is 0 Å². The molecule has 1 saturated heterocycles. The quantitative estimate of drug-likeness (QED) is 0.883. The third-order valence-corrected chi connectivity index (χ3v) is 4.58. The largest absolute Gasteiger partial charge is 0.313 e. The maximum atomic E-state index is 5.92. The first kappa shape index (κ1) is 12.3. The average Bonchev–Trinajstić information content (AvgIpc) is 2.34. The lowest BCUT2D eigenvalue weighted by atomic mass is 9.88. The molecule has 0 bridgehead atoms. The molecule has 1 aliphatic rings. The molecule has 16 heavy (non-hydrogen) atoms. The van der Waals surface area contributed by atoms with E-state index >= 15 is 0 Å². The fraction of sp³-hybridized carbons (Fsp3) is 0.538. The number of halogens is 1. The number of hydrogen-bond donors (Lipinski definition) is 1. The van der Waals surface area contributed by atoms with Crippen LogP contribution in [0.1, 0.15) is 24.4 Å². The van der Waals surface area contributed by atoms with Crippen LogP contribution in [0.25, 0.3) is 0 Å². The lowest BCUT2D eigenvalue weighted by molar-refractivity contribution is 0.358. The molecule has 1 atom stereocenters. The Balaban J connectivity index is 2.11. The summed E-state index contributed by atoms with van der Waals surface area (Å²) in [6, 6.07) is 8.74. The molecule has 0 amide bonds. The van der Waals surface area contributed by atoms with Crippen LogP contribution in [0.5, 0.6) is 0 Å². The van der Waals surface area contributed by atoms with Gasteiger partial charge in [0.2, 0.25) is 0 Å². The van der Waals surface area contributed by atoms with Gasteiger partial charge in [-0.25, -0.2) is 0 Å². The van der Waals surface area contributed by atoms with Crippen LogP contribution >= 0.6 is 23.4 Å². The molecule has 1 fully saturated rings.